The number of para-hydroxylation sites is 1. The number of benzene rings is 2. The Balaban J connectivity index is 1.54. The lowest BCUT2D eigenvalue weighted by atomic mass is 10.2. The molecule has 0 saturated heterocycles. The van der Waals surface area contributed by atoms with Gasteiger partial charge in [0.15, 0.2) is 0 Å². The molecule has 4 aromatic rings. The summed E-state index contributed by atoms with van der Waals surface area (Å²) >= 11 is 1.64. The summed E-state index contributed by atoms with van der Waals surface area (Å²) in [4.78, 5) is 18.7. The smallest absolute Gasteiger partial charge is 0.287 e. The molecule has 0 N–H and O–H groups in total. The predicted octanol–water partition coefficient (Wildman–Crippen LogP) is 5.06. The van der Waals surface area contributed by atoms with Crippen LogP contribution in [-0.4, -0.2) is 14.9 Å². The molecule has 0 aliphatic heterocycles. The monoisotopic (exact) mass is 349 g/mol. The van der Waals surface area contributed by atoms with Gasteiger partial charge in [-0.25, -0.2) is 9.97 Å². The Morgan fingerprint density at radius 1 is 1.00 bits per heavy atom. The summed E-state index contributed by atoms with van der Waals surface area (Å²) in [6, 6.07) is 18.4. The second-order valence-electron chi connectivity index (χ2n) is 5.22. The van der Waals surface area contributed by atoms with Crippen molar-refractivity contribution in [1.82, 2.24) is 9.97 Å². The van der Waals surface area contributed by atoms with Crippen molar-refractivity contribution in [2.24, 2.45) is 0 Å². The summed E-state index contributed by atoms with van der Waals surface area (Å²) in [5.74, 6) is 0.907. The highest BCUT2D eigenvalue weighted by Crippen LogP contribution is 2.31. The van der Waals surface area contributed by atoms with Crippen LogP contribution in [-0.2, 0) is 0 Å². The molecule has 2 aromatic heterocycles. The Morgan fingerprint density at radius 3 is 2.48 bits per heavy atom. The second-order valence-corrected chi connectivity index (χ2v) is 6.26. The van der Waals surface area contributed by atoms with E-state index in [1.165, 1.54) is 18.3 Å². The van der Waals surface area contributed by atoms with Gasteiger partial charge in [-0.3, -0.25) is 10.1 Å². The number of nitro groups is 1. The zero-order chi connectivity index (χ0) is 17.2. The minimum absolute atomic E-state index is 0.0708. The first-order valence-electron chi connectivity index (χ1n) is 7.43. The van der Waals surface area contributed by atoms with Gasteiger partial charge in [-0.1, -0.05) is 12.1 Å². The first-order valence-corrected chi connectivity index (χ1v) is 8.25. The average Bonchev–Trinajstić information content (AvgIpc) is 3.07. The Labute approximate surface area is 146 Å². The maximum atomic E-state index is 10.6. The van der Waals surface area contributed by atoms with Crippen LogP contribution in [0.1, 0.15) is 0 Å². The van der Waals surface area contributed by atoms with Crippen molar-refractivity contribution in [2.45, 2.75) is 0 Å². The van der Waals surface area contributed by atoms with Gasteiger partial charge in [0.05, 0.1) is 15.1 Å². The van der Waals surface area contributed by atoms with Gasteiger partial charge in [0, 0.05) is 17.7 Å². The summed E-state index contributed by atoms with van der Waals surface area (Å²) in [6.45, 7) is 0. The molecule has 0 fully saturated rings. The van der Waals surface area contributed by atoms with Crippen LogP contribution >= 0.6 is 11.3 Å². The van der Waals surface area contributed by atoms with Crippen LogP contribution in [0.4, 0.5) is 5.69 Å². The standard InChI is InChI=1S/C18H11N3O3S/c22-21(23)13-7-10-17(19-11-13)24-14-8-5-12(6-9-14)18-20-15-3-1-2-4-16(15)25-18/h1-11H. The molecule has 0 saturated carbocycles. The van der Waals surface area contributed by atoms with E-state index in [0.717, 1.165) is 20.8 Å². The molecule has 0 radical (unpaired) electrons. The molecule has 2 heterocycles. The van der Waals surface area contributed by atoms with Gasteiger partial charge in [-0.05, 0) is 36.4 Å². The predicted molar refractivity (Wildman–Crippen MR) is 96.0 cm³/mol. The lowest BCUT2D eigenvalue weighted by molar-refractivity contribution is -0.385. The van der Waals surface area contributed by atoms with E-state index < -0.39 is 4.92 Å². The molecule has 0 amide bonds. The lowest BCUT2D eigenvalue weighted by Gasteiger charge is -2.04. The number of ether oxygens (including phenoxy) is 1. The number of pyridine rings is 1. The van der Waals surface area contributed by atoms with Gasteiger partial charge in [-0.15, -0.1) is 11.3 Å². The highest BCUT2D eigenvalue weighted by molar-refractivity contribution is 7.21. The minimum Gasteiger partial charge on any atom is -0.439 e. The van der Waals surface area contributed by atoms with Crippen molar-refractivity contribution >= 4 is 27.2 Å². The largest absolute Gasteiger partial charge is 0.439 e. The number of hydrogen-bond donors (Lipinski definition) is 0. The molecule has 0 atom stereocenters. The third-order valence-corrected chi connectivity index (χ3v) is 4.63. The summed E-state index contributed by atoms with van der Waals surface area (Å²) in [5.41, 5.74) is 1.92. The SMILES string of the molecule is O=[N+]([O-])c1ccc(Oc2ccc(-c3nc4ccccc4s3)cc2)nc1. The fourth-order valence-electron chi connectivity index (χ4n) is 2.32. The quantitative estimate of drug-likeness (QED) is 0.380. The van der Waals surface area contributed by atoms with Crippen LogP contribution in [0.15, 0.2) is 66.9 Å². The van der Waals surface area contributed by atoms with Crippen LogP contribution in [0.25, 0.3) is 20.8 Å². The number of thiazole rings is 1. The molecule has 0 aliphatic rings. The van der Waals surface area contributed by atoms with Crippen LogP contribution in [0.5, 0.6) is 11.6 Å². The lowest BCUT2D eigenvalue weighted by Crippen LogP contribution is -1.91. The van der Waals surface area contributed by atoms with E-state index in [1.54, 1.807) is 11.3 Å². The van der Waals surface area contributed by atoms with E-state index in [1.807, 2.05) is 48.5 Å². The molecule has 0 aliphatic carbocycles. The Bertz CT molecular complexity index is 1010. The molecule has 0 spiro atoms. The molecule has 7 heteroatoms. The molecule has 122 valence electrons. The van der Waals surface area contributed by atoms with Crippen LogP contribution in [0.3, 0.4) is 0 Å². The van der Waals surface area contributed by atoms with Crippen molar-refractivity contribution in [2.75, 3.05) is 0 Å². The highest BCUT2D eigenvalue weighted by Gasteiger charge is 2.08. The van der Waals surface area contributed by atoms with Crippen molar-refractivity contribution in [3.05, 3.63) is 77.0 Å². The topological polar surface area (TPSA) is 78.2 Å². The molecule has 4 rings (SSSR count). The van der Waals surface area contributed by atoms with Gasteiger partial charge in [0.1, 0.15) is 17.0 Å². The van der Waals surface area contributed by atoms with Crippen LogP contribution < -0.4 is 4.74 Å². The van der Waals surface area contributed by atoms with Gasteiger partial charge in [0.2, 0.25) is 5.88 Å². The third-order valence-electron chi connectivity index (χ3n) is 3.55. The second kappa shape index (κ2) is 6.29. The zero-order valence-corrected chi connectivity index (χ0v) is 13.6. The average molecular weight is 349 g/mol. The normalized spacial score (nSPS) is 10.7. The van der Waals surface area contributed by atoms with E-state index in [2.05, 4.69) is 9.97 Å². The summed E-state index contributed by atoms with van der Waals surface area (Å²) in [6.07, 6.45) is 1.17. The Hall–Kier alpha value is -3.32. The summed E-state index contributed by atoms with van der Waals surface area (Å²) < 4.78 is 6.76. The van der Waals surface area contributed by atoms with Gasteiger partial charge in [0.25, 0.3) is 5.69 Å². The molecule has 25 heavy (non-hydrogen) atoms. The van der Waals surface area contributed by atoms with E-state index >= 15 is 0 Å². The number of rotatable bonds is 4. The Kier molecular flexibility index (Phi) is 3.83. The summed E-state index contributed by atoms with van der Waals surface area (Å²) in [7, 11) is 0. The fraction of sp³-hybridized carbons (Fsp3) is 0. The summed E-state index contributed by atoms with van der Waals surface area (Å²) in [5, 5.41) is 11.6. The molecular formula is C18H11N3O3S. The molecule has 0 bridgehead atoms. The van der Waals surface area contributed by atoms with Crippen molar-refractivity contribution < 1.29 is 9.66 Å². The fourth-order valence-corrected chi connectivity index (χ4v) is 3.29. The number of aromatic nitrogens is 2. The first-order chi connectivity index (χ1) is 12.2. The van der Waals surface area contributed by atoms with Gasteiger partial charge in [-0.2, -0.15) is 0 Å². The zero-order valence-electron chi connectivity index (χ0n) is 12.8. The van der Waals surface area contributed by atoms with E-state index in [9.17, 15) is 10.1 Å². The van der Waals surface area contributed by atoms with Crippen molar-refractivity contribution in [3.63, 3.8) is 0 Å². The molecule has 0 unspecified atom stereocenters. The molecule has 2 aromatic carbocycles. The van der Waals surface area contributed by atoms with E-state index in [4.69, 9.17) is 4.74 Å². The Morgan fingerprint density at radius 2 is 1.80 bits per heavy atom. The van der Waals surface area contributed by atoms with Crippen molar-refractivity contribution in [3.8, 4) is 22.2 Å². The molecule has 6 nitrogen and oxygen atoms in total. The van der Waals surface area contributed by atoms with Crippen LogP contribution in [0, 0.1) is 10.1 Å². The van der Waals surface area contributed by atoms with E-state index in [0.29, 0.717) is 11.6 Å². The van der Waals surface area contributed by atoms with Gasteiger partial charge < -0.3 is 4.74 Å². The minimum atomic E-state index is -0.496. The number of hydrogen-bond acceptors (Lipinski definition) is 6. The maximum Gasteiger partial charge on any atom is 0.287 e. The third kappa shape index (κ3) is 3.17. The van der Waals surface area contributed by atoms with Gasteiger partial charge >= 0.3 is 0 Å². The number of fused-ring (bicyclic) bond motifs is 1. The first kappa shape index (κ1) is 15.2. The highest BCUT2D eigenvalue weighted by atomic mass is 32.1. The number of nitrogens with zero attached hydrogens (tertiary/aromatic N) is 3. The molecular weight excluding hydrogens is 338 g/mol. The van der Waals surface area contributed by atoms with Crippen molar-refractivity contribution in [1.29, 1.82) is 0 Å². The maximum absolute atomic E-state index is 10.6. The van der Waals surface area contributed by atoms with E-state index in [-0.39, 0.29) is 5.69 Å². The van der Waals surface area contributed by atoms with Crippen LogP contribution in [0.2, 0.25) is 0 Å².